The Kier molecular flexibility index (Phi) is 3.84. The molecule has 1 rings (SSSR count). The number of halogens is 7. The fourth-order valence-electron chi connectivity index (χ4n) is 1.25. The summed E-state index contributed by atoms with van der Waals surface area (Å²) in [4.78, 5) is 10.6. The van der Waals surface area contributed by atoms with E-state index in [-0.39, 0.29) is 0 Å². The van der Waals surface area contributed by atoms with Crippen LogP contribution in [0.2, 0.25) is 0 Å². The molecular weight excluding hydrogens is 381 g/mol. The first-order chi connectivity index (χ1) is 7.96. The van der Waals surface area contributed by atoms with Gasteiger partial charge in [0.25, 0.3) is 0 Å². The molecule has 0 saturated heterocycles. The van der Waals surface area contributed by atoms with Crippen molar-refractivity contribution in [1.29, 1.82) is 0 Å². The van der Waals surface area contributed by atoms with Crippen LogP contribution >= 0.6 is 22.6 Å². The third kappa shape index (κ3) is 2.87. The first kappa shape index (κ1) is 15.1. The molecule has 2 nitrogen and oxygen atoms in total. The Morgan fingerprint density at radius 1 is 1.06 bits per heavy atom. The quantitative estimate of drug-likeness (QED) is 0.587. The highest BCUT2D eigenvalue weighted by molar-refractivity contribution is 14.1. The Morgan fingerprint density at radius 3 is 1.89 bits per heavy atom. The normalized spacial score (nSPS) is 12.6. The van der Waals surface area contributed by atoms with Crippen molar-refractivity contribution >= 4 is 28.6 Å². The highest BCUT2D eigenvalue weighted by atomic mass is 127. The van der Waals surface area contributed by atoms with Gasteiger partial charge in [-0.1, -0.05) is 0 Å². The number of carboxylic acids is 1. The van der Waals surface area contributed by atoms with E-state index in [1.54, 1.807) is 0 Å². The largest absolute Gasteiger partial charge is 0.478 e. The lowest BCUT2D eigenvalue weighted by molar-refractivity contribution is -0.144. The molecule has 1 N–H and O–H groups in total. The predicted molar refractivity (Wildman–Crippen MR) is 56.1 cm³/mol. The summed E-state index contributed by atoms with van der Waals surface area (Å²) >= 11 is 0.847. The number of hydrogen-bond donors (Lipinski definition) is 1. The molecule has 1 aromatic rings. The number of rotatable bonds is 1. The summed E-state index contributed by atoms with van der Waals surface area (Å²) in [5.41, 5.74) is -4.51. The molecule has 9 heteroatoms. The summed E-state index contributed by atoms with van der Waals surface area (Å²) in [7, 11) is 0. The minimum absolute atomic E-state index is 0.302. The van der Waals surface area contributed by atoms with Gasteiger partial charge in [-0.25, -0.2) is 4.79 Å². The Balaban J connectivity index is 3.67. The van der Waals surface area contributed by atoms with Gasteiger partial charge < -0.3 is 5.11 Å². The van der Waals surface area contributed by atoms with Crippen molar-refractivity contribution in [3.05, 3.63) is 32.4 Å². The molecule has 1 aromatic carbocycles. The monoisotopic (exact) mass is 384 g/mol. The summed E-state index contributed by atoms with van der Waals surface area (Å²) in [5.74, 6) is -1.94. The second-order valence-corrected chi connectivity index (χ2v) is 4.23. The maximum atomic E-state index is 12.6. The van der Waals surface area contributed by atoms with Crippen LogP contribution in [0.3, 0.4) is 0 Å². The number of aromatic carboxylic acids is 1. The third-order valence-electron chi connectivity index (χ3n) is 1.96. The van der Waals surface area contributed by atoms with Crippen molar-refractivity contribution in [2.75, 3.05) is 0 Å². The predicted octanol–water partition coefficient (Wildman–Crippen LogP) is 4.03. The highest BCUT2D eigenvalue weighted by Crippen LogP contribution is 2.41. The van der Waals surface area contributed by atoms with Gasteiger partial charge in [-0.3, -0.25) is 0 Å². The van der Waals surface area contributed by atoms with Crippen molar-refractivity contribution in [2.24, 2.45) is 0 Å². The minimum atomic E-state index is -5.18. The Hall–Kier alpha value is -1.00. The Labute approximate surface area is 110 Å². The van der Waals surface area contributed by atoms with Gasteiger partial charge in [-0.15, -0.1) is 0 Å². The summed E-state index contributed by atoms with van der Waals surface area (Å²) in [6, 6.07) is 0.622. The van der Waals surface area contributed by atoms with Crippen LogP contribution in [0.15, 0.2) is 12.1 Å². The van der Waals surface area contributed by atoms with Crippen LogP contribution in [0.5, 0.6) is 0 Å². The van der Waals surface area contributed by atoms with Crippen LogP contribution in [-0.4, -0.2) is 11.1 Å². The van der Waals surface area contributed by atoms with Gasteiger partial charge in [0, 0.05) is 3.57 Å². The van der Waals surface area contributed by atoms with E-state index >= 15 is 0 Å². The lowest BCUT2D eigenvalue weighted by Gasteiger charge is -2.16. The lowest BCUT2D eigenvalue weighted by atomic mass is 10.0. The van der Waals surface area contributed by atoms with E-state index in [1.807, 2.05) is 0 Å². The molecule has 0 aliphatic carbocycles. The summed E-state index contributed by atoms with van der Waals surface area (Å²) in [6.07, 6.45) is -10.2. The molecule has 100 valence electrons. The molecule has 0 aliphatic rings. The van der Waals surface area contributed by atoms with Crippen molar-refractivity contribution in [3.63, 3.8) is 0 Å². The number of carboxylic acid groups (broad SMARTS) is 1. The van der Waals surface area contributed by atoms with Gasteiger partial charge in [0.05, 0.1) is 16.7 Å². The van der Waals surface area contributed by atoms with Crippen LogP contribution in [0.1, 0.15) is 21.5 Å². The van der Waals surface area contributed by atoms with E-state index in [1.165, 1.54) is 0 Å². The molecular formula is C9H3F6IO2. The van der Waals surface area contributed by atoms with Crippen LogP contribution in [0, 0.1) is 3.57 Å². The van der Waals surface area contributed by atoms with Crippen LogP contribution in [0.25, 0.3) is 0 Å². The molecule has 18 heavy (non-hydrogen) atoms. The molecule has 0 radical (unpaired) electrons. The molecule has 0 aromatic heterocycles. The van der Waals surface area contributed by atoms with E-state index < -0.39 is 38.6 Å². The summed E-state index contributed by atoms with van der Waals surface area (Å²) in [5, 5.41) is 8.56. The first-order valence-electron chi connectivity index (χ1n) is 4.16. The fourth-order valence-corrected chi connectivity index (χ4v) is 2.33. The van der Waals surface area contributed by atoms with Gasteiger partial charge in [-0.2, -0.15) is 26.3 Å². The maximum absolute atomic E-state index is 12.6. The van der Waals surface area contributed by atoms with Crippen LogP contribution in [0.4, 0.5) is 26.3 Å². The SMILES string of the molecule is O=C(O)c1ccc(C(F)(F)F)c(I)c1C(F)(F)F. The molecule has 0 unspecified atom stereocenters. The van der Waals surface area contributed by atoms with Crippen molar-refractivity contribution < 1.29 is 36.2 Å². The molecule has 0 saturated carbocycles. The van der Waals surface area contributed by atoms with E-state index in [9.17, 15) is 31.1 Å². The Morgan fingerprint density at radius 2 is 1.56 bits per heavy atom. The average Bonchev–Trinajstić information content (AvgIpc) is 2.12. The average molecular weight is 384 g/mol. The summed E-state index contributed by atoms with van der Waals surface area (Å²) < 4.78 is 73.9. The zero-order chi connectivity index (χ0) is 14.3. The minimum Gasteiger partial charge on any atom is -0.478 e. The zero-order valence-corrected chi connectivity index (χ0v) is 10.3. The van der Waals surface area contributed by atoms with E-state index in [2.05, 4.69) is 0 Å². The lowest BCUT2D eigenvalue weighted by Crippen LogP contribution is -2.19. The standard InChI is InChI=1S/C9H3F6IO2/c10-8(11,12)4-2-1-3(7(17)18)5(6(4)16)9(13,14)15/h1-2H,(H,17,18). The third-order valence-corrected chi connectivity index (χ3v) is 3.08. The van der Waals surface area contributed by atoms with Gasteiger partial charge in [-0.05, 0) is 34.7 Å². The number of alkyl halides is 6. The van der Waals surface area contributed by atoms with Crippen molar-refractivity contribution in [3.8, 4) is 0 Å². The number of carbonyl (C=O) groups is 1. The maximum Gasteiger partial charge on any atom is 0.418 e. The smallest absolute Gasteiger partial charge is 0.418 e. The molecule has 0 amide bonds. The molecule has 0 aliphatic heterocycles. The van der Waals surface area contributed by atoms with Crippen LogP contribution < -0.4 is 0 Å². The number of hydrogen-bond acceptors (Lipinski definition) is 1. The van der Waals surface area contributed by atoms with Crippen molar-refractivity contribution in [1.82, 2.24) is 0 Å². The second kappa shape index (κ2) is 4.59. The molecule has 0 atom stereocenters. The number of benzene rings is 1. The first-order valence-corrected chi connectivity index (χ1v) is 5.24. The molecule has 0 spiro atoms. The van der Waals surface area contributed by atoms with Crippen LogP contribution in [-0.2, 0) is 12.4 Å². The second-order valence-electron chi connectivity index (χ2n) is 3.15. The van der Waals surface area contributed by atoms with Crippen molar-refractivity contribution in [2.45, 2.75) is 12.4 Å². The topological polar surface area (TPSA) is 37.3 Å². The van der Waals surface area contributed by atoms with Gasteiger partial charge >= 0.3 is 18.3 Å². The van der Waals surface area contributed by atoms with Gasteiger partial charge in [0.1, 0.15) is 0 Å². The molecule has 0 bridgehead atoms. The Bertz CT molecular complexity index is 491. The zero-order valence-electron chi connectivity index (χ0n) is 8.16. The fraction of sp³-hybridized carbons (Fsp3) is 0.222. The molecule has 0 fully saturated rings. The van der Waals surface area contributed by atoms with E-state index in [0.29, 0.717) is 12.1 Å². The summed E-state index contributed by atoms with van der Waals surface area (Å²) in [6.45, 7) is 0. The van der Waals surface area contributed by atoms with E-state index in [4.69, 9.17) is 5.11 Å². The molecule has 0 heterocycles. The highest BCUT2D eigenvalue weighted by Gasteiger charge is 2.43. The van der Waals surface area contributed by atoms with Gasteiger partial charge in [0.15, 0.2) is 0 Å². The van der Waals surface area contributed by atoms with Gasteiger partial charge in [0.2, 0.25) is 0 Å². The van der Waals surface area contributed by atoms with E-state index in [0.717, 1.165) is 22.6 Å².